The van der Waals surface area contributed by atoms with Crippen LogP contribution < -0.4 is 0 Å². The molecule has 0 fully saturated rings. The zero-order chi connectivity index (χ0) is 16.4. The van der Waals surface area contributed by atoms with Crippen LogP contribution in [0.4, 0.5) is 0 Å². The van der Waals surface area contributed by atoms with E-state index in [4.69, 9.17) is 4.74 Å². The van der Waals surface area contributed by atoms with Crippen LogP contribution in [0.15, 0.2) is 48.2 Å². The molecule has 0 aliphatic carbocycles. The van der Waals surface area contributed by atoms with E-state index < -0.39 is 8.07 Å². The Bertz CT molecular complexity index is 505. The maximum absolute atomic E-state index is 11.6. The lowest BCUT2D eigenvalue weighted by Crippen LogP contribution is -2.29. The molecule has 0 aromatic heterocycles. The van der Waals surface area contributed by atoms with Gasteiger partial charge in [0.2, 0.25) is 0 Å². The first-order valence-corrected chi connectivity index (χ1v) is 10.9. The Hall–Kier alpha value is -1.61. The monoisotopic (exact) mass is 316 g/mol. The molecule has 1 aromatic rings. The molecule has 0 saturated heterocycles. The Morgan fingerprint density at radius 3 is 2.09 bits per heavy atom. The molecule has 22 heavy (non-hydrogen) atoms. The topological polar surface area (TPSA) is 26.3 Å². The lowest BCUT2D eigenvalue weighted by Gasteiger charge is -2.25. The summed E-state index contributed by atoms with van der Waals surface area (Å²) in [7, 11) is -1.42. The van der Waals surface area contributed by atoms with E-state index >= 15 is 0 Å². The second kappa shape index (κ2) is 9.41. The van der Waals surface area contributed by atoms with Crippen LogP contribution in [0.25, 0.3) is 5.57 Å². The molecule has 0 spiro atoms. The quantitative estimate of drug-likeness (QED) is 0.284. The van der Waals surface area contributed by atoms with Gasteiger partial charge in [-0.2, -0.15) is 0 Å². The van der Waals surface area contributed by atoms with Crippen LogP contribution in [0.2, 0.25) is 18.1 Å². The highest BCUT2D eigenvalue weighted by molar-refractivity contribution is 6.85. The van der Waals surface area contributed by atoms with Crippen LogP contribution in [0.1, 0.15) is 33.3 Å². The summed E-state index contributed by atoms with van der Waals surface area (Å²) in [6.45, 7) is 9.09. The largest absolute Gasteiger partial charge is 0.463 e. The molecule has 2 nitrogen and oxygen atoms in total. The Balaban J connectivity index is 3.20. The Labute approximate surface area is 135 Å². The van der Waals surface area contributed by atoms with Gasteiger partial charge in [0, 0.05) is 6.08 Å². The van der Waals surface area contributed by atoms with Crippen LogP contribution in [-0.4, -0.2) is 20.7 Å². The van der Waals surface area contributed by atoms with Gasteiger partial charge in [0.1, 0.15) is 0 Å². The summed E-state index contributed by atoms with van der Waals surface area (Å²) in [4.78, 5) is 11.6. The molecule has 0 amide bonds. The van der Waals surface area contributed by atoms with Crippen molar-refractivity contribution in [3.8, 4) is 0 Å². The number of esters is 1. The Kier molecular flexibility index (Phi) is 7.89. The third-order valence-corrected chi connectivity index (χ3v) is 9.51. The summed E-state index contributed by atoms with van der Waals surface area (Å²) in [6, 6.07) is 14.0. The fraction of sp³-hybridized carbons (Fsp3) is 0.421. The van der Waals surface area contributed by atoms with Gasteiger partial charge in [0.25, 0.3) is 0 Å². The van der Waals surface area contributed by atoms with Crippen molar-refractivity contribution in [1.82, 2.24) is 0 Å². The van der Waals surface area contributed by atoms with Crippen molar-refractivity contribution in [3.05, 3.63) is 53.7 Å². The molecule has 1 rings (SSSR count). The van der Waals surface area contributed by atoms with Crippen molar-refractivity contribution in [1.29, 1.82) is 0 Å². The number of allylic oxidation sites excluding steroid dienone is 2. The van der Waals surface area contributed by atoms with Crippen molar-refractivity contribution in [2.45, 2.75) is 45.8 Å². The minimum atomic E-state index is -1.42. The second-order valence-corrected chi connectivity index (χ2v) is 10.6. The van der Waals surface area contributed by atoms with Crippen LogP contribution in [-0.2, 0) is 9.53 Å². The smallest absolute Gasteiger partial charge is 0.330 e. The first kappa shape index (κ1) is 18.4. The number of carbonyl (C=O) groups is 1. The third-order valence-electron chi connectivity index (χ3n) is 4.37. The lowest BCUT2D eigenvalue weighted by molar-refractivity contribution is -0.137. The SMILES string of the molecule is CCOC(=O)/C=C/C(=C/[Si](CC)(CC)CC)c1ccccc1. The van der Waals surface area contributed by atoms with Crippen molar-refractivity contribution >= 4 is 19.6 Å². The molecule has 0 aliphatic heterocycles. The highest BCUT2D eigenvalue weighted by Gasteiger charge is 2.24. The van der Waals surface area contributed by atoms with Crippen LogP contribution in [0.5, 0.6) is 0 Å². The maximum Gasteiger partial charge on any atom is 0.330 e. The van der Waals surface area contributed by atoms with Gasteiger partial charge in [-0.05, 0) is 24.1 Å². The molecule has 0 atom stereocenters. The van der Waals surface area contributed by atoms with E-state index in [-0.39, 0.29) is 5.97 Å². The van der Waals surface area contributed by atoms with Crippen molar-refractivity contribution in [2.24, 2.45) is 0 Å². The maximum atomic E-state index is 11.6. The molecule has 0 heterocycles. The average molecular weight is 317 g/mol. The second-order valence-electron chi connectivity index (χ2n) is 5.47. The van der Waals surface area contributed by atoms with E-state index in [2.05, 4.69) is 38.6 Å². The van der Waals surface area contributed by atoms with Gasteiger partial charge in [-0.15, -0.1) is 0 Å². The molecule has 0 aliphatic rings. The zero-order valence-electron chi connectivity index (χ0n) is 14.3. The summed E-state index contributed by atoms with van der Waals surface area (Å²) in [5.41, 5.74) is 4.76. The van der Waals surface area contributed by atoms with Gasteiger partial charge in [0.05, 0.1) is 14.7 Å². The van der Waals surface area contributed by atoms with E-state index in [9.17, 15) is 4.79 Å². The minimum absolute atomic E-state index is 0.277. The van der Waals surface area contributed by atoms with E-state index in [0.717, 1.165) is 11.1 Å². The van der Waals surface area contributed by atoms with Gasteiger partial charge in [-0.1, -0.05) is 74.9 Å². The molecule has 1 aromatic carbocycles. The van der Waals surface area contributed by atoms with Gasteiger partial charge in [-0.3, -0.25) is 0 Å². The van der Waals surface area contributed by atoms with Crippen LogP contribution in [0.3, 0.4) is 0 Å². The van der Waals surface area contributed by atoms with Gasteiger partial charge < -0.3 is 4.74 Å². The summed E-state index contributed by atoms with van der Waals surface area (Å²) in [5, 5.41) is 0. The van der Waals surface area contributed by atoms with Crippen molar-refractivity contribution in [2.75, 3.05) is 6.61 Å². The minimum Gasteiger partial charge on any atom is -0.463 e. The first-order valence-electron chi connectivity index (χ1n) is 8.23. The van der Waals surface area contributed by atoms with E-state index in [1.807, 2.05) is 31.2 Å². The lowest BCUT2D eigenvalue weighted by atomic mass is 10.1. The normalized spacial score (nSPS) is 12.6. The van der Waals surface area contributed by atoms with Gasteiger partial charge in [0.15, 0.2) is 0 Å². The number of hydrogen-bond acceptors (Lipinski definition) is 2. The number of hydrogen-bond donors (Lipinski definition) is 0. The molecule has 0 bridgehead atoms. The number of ether oxygens (including phenoxy) is 1. The molecular formula is C19H28O2Si. The van der Waals surface area contributed by atoms with E-state index in [0.29, 0.717) is 6.61 Å². The van der Waals surface area contributed by atoms with Crippen molar-refractivity contribution in [3.63, 3.8) is 0 Å². The number of carbonyl (C=O) groups excluding carboxylic acids is 1. The number of rotatable bonds is 8. The van der Waals surface area contributed by atoms with E-state index in [1.54, 1.807) is 6.08 Å². The highest BCUT2D eigenvalue weighted by atomic mass is 28.3. The average Bonchev–Trinajstić information content (AvgIpc) is 2.57. The fourth-order valence-corrected chi connectivity index (χ4v) is 5.63. The number of benzene rings is 1. The Morgan fingerprint density at radius 2 is 1.59 bits per heavy atom. The predicted molar refractivity (Wildman–Crippen MR) is 97.4 cm³/mol. The molecule has 0 N–H and O–H groups in total. The van der Waals surface area contributed by atoms with E-state index in [1.165, 1.54) is 18.1 Å². The highest BCUT2D eigenvalue weighted by Crippen LogP contribution is 2.27. The zero-order valence-corrected chi connectivity index (χ0v) is 15.3. The van der Waals surface area contributed by atoms with Crippen molar-refractivity contribution < 1.29 is 9.53 Å². The Morgan fingerprint density at radius 1 is 1.00 bits per heavy atom. The molecule has 120 valence electrons. The molecule has 0 saturated carbocycles. The summed E-state index contributed by atoms with van der Waals surface area (Å²) >= 11 is 0. The van der Waals surface area contributed by atoms with Gasteiger partial charge >= 0.3 is 5.97 Å². The van der Waals surface area contributed by atoms with Gasteiger partial charge in [-0.25, -0.2) is 4.79 Å². The molecule has 0 unspecified atom stereocenters. The first-order chi connectivity index (χ1) is 10.6. The molecule has 0 radical (unpaired) electrons. The summed E-state index contributed by atoms with van der Waals surface area (Å²) < 4.78 is 5.00. The van der Waals surface area contributed by atoms with Crippen LogP contribution >= 0.6 is 0 Å². The fourth-order valence-electron chi connectivity index (χ4n) is 2.59. The standard InChI is InChI=1S/C19H28O2Si/c1-5-21-19(20)15-14-18(17-12-10-9-11-13-17)16-22(6-2,7-3)8-4/h9-16H,5-8H2,1-4H3/b15-14+,18-16-. The summed E-state index contributed by atoms with van der Waals surface area (Å²) in [5.74, 6) is -0.277. The summed E-state index contributed by atoms with van der Waals surface area (Å²) in [6.07, 6.45) is 3.46. The molecule has 3 heteroatoms. The predicted octanol–water partition coefficient (Wildman–Crippen LogP) is 5.24. The van der Waals surface area contributed by atoms with Crippen LogP contribution in [0, 0.1) is 0 Å². The molecular weight excluding hydrogens is 288 g/mol. The third kappa shape index (κ3) is 5.30.